The van der Waals surface area contributed by atoms with Crippen LogP contribution < -0.4 is 5.32 Å². The number of aliphatic hydroxyl groups excluding tert-OH is 1. The van der Waals surface area contributed by atoms with E-state index in [2.05, 4.69) is 12.2 Å². The van der Waals surface area contributed by atoms with Gasteiger partial charge in [-0.1, -0.05) is 37.3 Å². The fourth-order valence-corrected chi connectivity index (χ4v) is 1.39. The Kier molecular flexibility index (Phi) is 6.81. The zero-order valence-corrected chi connectivity index (χ0v) is 9.86. The van der Waals surface area contributed by atoms with Crippen LogP contribution in [0.5, 0.6) is 0 Å². The Labute approximate surface area is 97.4 Å². The van der Waals surface area contributed by atoms with E-state index < -0.39 is 6.10 Å². The van der Waals surface area contributed by atoms with Crippen molar-refractivity contribution in [1.82, 2.24) is 5.32 Å². The Bertz CT molecular complexity index is 264. The van der Waals surface area contributed by atoms with Gasteiger partial charge in [0.05, 0.1) is 19.3 Å². The predicted molar refractivity (Wildman–Crippen MR) is 65.3 cm³/mol. The molecule has 90 valence electrons. The summed E-state index contributed by atoms with van der Waals surface area (Å²) in [4.78, 5) is 0. The highest BCUT2D eigenvalue weighted by molar-refractivity contribution is 5.13. The van der Waals surface area contributed by atoms with Crippen LogP contribution in [-0.2, 0) is 11.3 Å². The Morgan fingerprint density at radius 2 is 2.06 bits per heavy atom. The molecule has 0 bridgehead atoms. The molecule has 16 heavy (non-hydrogen) atoms. The molecule has 1 aromatic carbocycles. The van der Waals surface area contributed by atoms with Crippen molar-refractivity contribution in [2.75, 3.05) is 19.7 Å². The van der Waals surface area contributed by atoms with Gasteiger partial charge >= 0.3 is 0 Å². The second-order valence-corrected chi connectivity index (χ2v) is 3.86. The van der Waals surface area contributed by atoms with Crippen molar-refractivity contribution < 1.29 is 9.84 Å². The van der Waals surface area contributed by atoms with Gasteiger partial charge in [-0.15, -0.1) is 0 Å². The third kappa shape index (κ3) is 5.85. The zero-order chi connectivity index (χ0) is 11.6. The lowest BCUT2D eigenvalue weighted by molar-refractivity contribution is 0.0290. The summed E-state index contributed by atoms with van der Waals surface area (Å²) in [6.07, 6.45) is 0.660. The van der Waals surface area contributed by atoms with Crippen LogP contribution in [0.1, 0.15) is 18.9 Å². The molecule has 0 unspecified atom stereocenters. The van der Waals surface area contributed by atoms with Crippen LogP contribution in [0.25, 0.3) is 0 Å². The van der Waals surface area contributed by atoms with E-state index in [1.807, 2.05) is 30.3 Å². The van der Waals surface area contributed by atoms with Gasteiger partial charge in [-0.25, -0.2) is 0 Å². The van der Waals surface area contributed by atoms with Crippen LogP contribution in [0.3, 0.4) is 0 Å². The monoisotopic (exact) mass is 223 g/mol. The van der Waals surface area contributed by atoms with Crippen molar-refractivity contribution in [3.63, 3.8) is 0 Å². The van der Waals surface area contributed by atoms with Gasteiger partial charge in [0.2, 0.25) is 0 Å². The van der Waals surface area contributed by atoms with Crippen molar-refractivity contribution in [1.29, 1.82) is 0 Å². The van der Waals surface area contributed by atoms with Crippen molar-refractivity contribution in [2.45, 2.75) is 26.1 Å². The summed E-state index contributed by atoms with van der Waals surface area (Å²) in [6.45, 7) is 4.58. The van der Waals surface area contributed by atoms with Gasteiger partial charge in [0.25, 0.3) is 0 Å². The first-order chi connectivity index (χ1) is 7.83. The number of rotatable bonds is 8. The van der Waals surface area contributed by atoms with Gasteiger partial charge in [-0.2, -0.15) is 0 Å². The van der Waals surface area contributed by atoms with Gasteiger partial charge in [0.1, 0.15) is 0 Å². The van der Waals surface area contributed by atoms with Crippen LogP contribution in [-0.4, -0.2) is 30.9 Å². The first-order valence-corrected chi connectivity index (χ1v) is 5.83. The third-order valence-corrected chi connectivity index (χ3v) is 2.23. The van der Waals surface area contributed by atoms with Gasteiger partial charge in [-0.05, 0) is 18.5 Å². The standard InChI is InChI=1S/C13H21NO2/c1-2-8-14-9-13(15)11-16-10-12-6-4-3-5-7-12/h3-7,13-15H,2,8-11H2,1H3/t13-/m0/s1. The molecular weight excluding hydrogens is 202 g/mol. The van der Waals surface area contributed by atoms with E-state index in [0.717, 1.165) is 18.5 Å². The Balaban J connectivity index is 2.06. The lowest BCUT2D eigenvalue weighted by Gasteiger charge is -2.11. The topological polar surface area (TPSA) is 41.5 Å². The molecule has 0 aliphatic heterocycles. The highest BCUT2D eigenvalue weighted by Crippen LogP contribution is 2.00. The maximum Gasteiger partial charge on any atom is 0.0897 e. The molecule has 0 fully saturated rings. The summed E-state index contributed by atoms with van der Waals surface area (Å²) in [5.74, 6) is 0. The number of hydrogen-bond donors (Lipinski definition) is 2. The van der Waals surface area contributed by atoms with Crippen molar-refractivity contribution >= 4 is 0 Å². The quantitative estimate of drug-likeness (QED) is 0.657. The molecule has 0 amide bonds. The van der Waals surface area contributed by atoms with Crippen molar-refractivity contribution in [3.05, 3.63) is 35.9 Å². The minimum atomic E-state index is -0.421. The maximum absolute atomic E-state index is 9.57. The first-order valence-electron chi connectivity index (χ1n) is 5.83. The van der Waals surface area contributed by atoms with Crippen LogP contribution in [0.4, 0.5) is 0 Å². The van der Waals surface area contributed by atoms with Gasteiger partial charge in [-0.3, -0.25) is 0 Å². The second kappa shape index (κ2) is 8.28. The summed E-state index contributed by atoms with van der Waals surface area (Å²) in [5, 5.41) is 12.7. The normalized spacial score (nSPS) is 12.6. The first kappa shape index (κ1) is 13.2. The molecule has 0 saturated heterocycles. The molecule has 1 aromatic rings. The number of nitrogens with one attached hydrogen (secondary N) is 1. The summed E-state index contributed by atoms with van der Waals surface area (Å²) in [6, 6.07) is 9.98. The van der Waals surface area contributed by atoms with Gasteiger partial charge < -0.3 is 15.2 Å². The number of ether oxygens (including phenoxy) is 1. The highest BCUT2D eigenvalue weighted by Gasteiger charge is 2.03. The van der Waals surface area contributed by atoms with Crippen LogP contribution in [0, 0.1) is 0 Å². The highest BCUT2D eigenvalue weighted by atomic mass is 16.5. The second-order valence-electron chi connectivity index (χ2n) is 3.86. The SMILES string of the molecule is CCCNC[C@H](O)COCc1ccccc1. The zero-order valence-electron chi connectivity index (χ0n) is 9.86. The van der Waals surface area contributed by atoms with Crippen LogP contribution >= 0.6 is 0 Å². The Morgan fingerprint density at radius 1 is 1.31 bits per heavy atom. The molecule has 3 nitrogen and oxygen atoms in total. The summed E-state index contributed by atoms with van der Waals surface area (Å²) in [5.41, 5.74) is 1.14. The fraction of sp³-hybridized carbons (Fsp3) is 0.538. The molecule has 0 spiro atoms. The summed E-state index contributed by atoms with van der Waals surface area (Å²) >= 11 is 0. The van der Waals surface area contributed by atoms with Crippen LogP contribution in [0.2, 0.25) is 0 Å². The van der Waals surface area contributed by atoms with E-state index in [-0.39, 0.29) is 0 Å². The van der Waals surface area contributed by atoms with Gasteiger partial charge in [0.15, 0.2) is 0 Å². The number of hydrogen-bond acceptors (Lipinski definition) is 3. The van der Waals surface area contributed by atoms with E-state index in [1.165, 1.54) is 0 Å². The molecule has 0 saturated carbocycles. The van der Waals surface area contributed by atoms with Crippen molar-refractivity contribution in [3.8, 4) is 0 Å². The lowest BCUT2D eigenvalue weighted by atomic mass is 10.2. The average molecular weight is 223 g/mol. The molecule has 2 N–H and O–H groups in total. The third-order valence-electron chi connectivity index (χ3n) is 2.23. The van der Waals surface area contributed by atoms with E-state index in [4.69, 9.17) is 4.74 Å². The molecule has 0 radical (unpaired) electrons. The average Bonchev–Trinajstić information content (AvgIpc) is 2.31. The summed E-state index contributed by atoms with van der Waals surface area (Å²) < 4.78 is 5.42. The minimum Gasteiger partial charge on any atom is -0.389 e. The fourth-order valence-electron chi connectivity index (χ4n) is 1.39. The molecule has 3 heteroatoms. The van der Waals surface area contributed by atoms with E-state index >= 15 is 0 Å². The van der Waals surface area contributed by atoms with Crippen molar-refractivity contribution in [2.24, 2.45) is 0 Å². The molecule has 0 heterocycles. The predicted octanol–water partition coefficient (Wildman–Crippen LogP) is 1.56. The molecule has 1 rings (SSSR count). The molecule has 1 atom stereocenters. The van der Waals surface area contributed by atoms with Crippen LogP contribution in [0.15, 0.2) is 30.3 Å². The molecule has 0 aromatic heterocycles. The van der Waals surface area contributed by atoms with E-state index in [1.54, 1.807) is 0 Å². The molecule has 0 aliphatic rings. The Hall–Kier alpha value is -0.900. The van der Waals surface area contributed by atoms with E-state index in [9.17, 15) is 5.11 Å². The number of aliphatic hydroxyl groups is 1. The molecule has 0 aliphatic carbocycles. The largest absolute Gasteiger partial charge is 0.389 e. The maximum atomic E-state index is 9.57. The molecular formula is C13H21NO2. The summed E-state index contributed by atoms with van der Waals surface area (Å²) in [7, 11) is 0. The number of benzene rings is 1. The van der Waals surface area contributed by atoms with E-state index in [0.29, 0.717) is 19.8 Å². The lowest BCUT2D eigenvalue weighted by Crippen LogP contribution is -2.30. The Morgan fingerprint density at radius 3 is 2.75 bits per heavy atom. The van der Waals surface area contributed by atoms with Gasteiger partial charge in [0, 0.05) is 6.54 Å². The smallest absolute Gasteiger partial charge is 0.0897 e. The minimum absolute atomic E-state index is 0.381.